The Kier molecular flexibility index (Phi) is 5.59. The Morgan fingerprint density at radius 3 is 3.00 bits per heavy atom. The molecule has 1 saturated heterocycles. The van der Waals surface area contributed by atoms with Gasteiger partial charge in [-0.15, -0.1) is 0 Å². The predicted molar refractivity (Wildman–Crippen MR) is 92.6 cm³/mol. The first-order valence-electron chi connectivity index (χ1n) is 8.64. The number of carbonyl (C=O) groups is 1. The summed E-state index contributed by atoms with van der Waals surface area (Å²) in [5, 5.41) is 10.5. The number of aromatic nitrogens is 3. The summed E-state index contributed by atoms with van der Waals surface area (Å²) in [5.74, 6) is 1.23. The molecule has 2 heterocycles. The fraction of sp³-hybridized carbons (Fsp3) is 0.500. The minimum absolute atomic E-state index is 0.132. The van der Waals surface area contributed by atoms with Gasteiger partial charge in [-0.2, -0.15) is 5.10 Å². The highest BCUT2D eigenvalue weighted by molar-refractivity contribution is 5.76. The minimum atomic E-state index is 0.132. The molecule has 1 amide bonds. The Hall–Kier alpha value is -2.21. The summed E-state index contributed by atoms with van der Waals surface area (Å²) < 4.78 is 1.71. The van der Waals surface area contributed by atoms with Gasteiger partial charge in [0.15, 0.2) is 0 Å². The predicted octanol–water partition coefficient (Wildman–Crippen LogP) is 1.91. The van der Waals surface area contributed by atoms with Crippen LogP contribution in [0.4, 0.5) is 0 Å². The molecule has 1 aliphatic rings. The number of hydrogen-bond acceptors (Lipinski definition) is 4. The second-order valence-electron chi connectivity index (χ2n) is 6.56. The van der Waals surface area contributed by atoms with E-state index in [0.717, 1.165) is 24.3 Å². The van der Waals surface area contributed by atoms with Crippen LogP contribution in [0, 0.1) is 11.8 Å². The Bertz CT molecular complexity index is 649. The summed E-state index contributed by atoms with van der Waals surface area (Å²) >= 11 is 0. The smallest absolute Gasteiger partial charge is 0.220 e. The van der Waals surface area contributed by atoms with Gasteiger partial charge in [-0.1, -0.05) is 19.1 Å². The van der Waals surface area contributed by atoms with Gasteiger partial charge in [-0.05, 0) is 55.5 Å². The molecule has 2 N–H and O–H groups in total. The van der Waals surface area contributed by atoms with Gasteiger partial charge in [-0.3, -0.25) is 4.79 Å². The number of nitrogens with zero attached hydrogens (tertiary/aromatic N) is 3. The zero-order valence-electron chi connectivity index (χ0n) is 14.1. The average molecular weight is 327 g/mol. The van der Waals surface area contributed by atoms with Crippen molar-refractivity contribution in [2.75, 3.05) is 13.1 Å². The lowest BCUT2D eigenvalue weighted by molar-refractivity contribution is -0.122. The van der Waals surface area contributed by atoms with Crippen LogP contribution >= 0.6 is 0 Å². The summed E-state index contributed by atoms with van der Waals surface area (Å²) in [4.78, 5) is 16.2. The number of rotatable bonds is 6. The number of hydrogen-bond donors (Lipinski definition) is 2. The largest absolute Gasteiger partial charge is 0.352 e. The molecule has 24 heavy (non-hydrogen) atoms. The Labute approximate surface area is 142 Å². The lowest BCUT2D eigenvalue weighted by atomic mass is 9.84. The van der Waals surface area contributed by atoms with E-state index in [1.54, 1.807) is 11.0 Å². The summed E-state index contributed by atoms with van der Waals surface area (Å²) in [5.41, 5.74) is 2.01. The minimum Gasteiger partial charge on any atom is -0.352 e. The summed E-state index contributed by atoms with van der Waals surface area (Å²) in [6.45, 7) is 4.89. The number of piperidine rings is 1. The van der Waals surface area contributed by atoms with Crippen molar-refractivity contribution in [3.63, 3.8) is 0 Å². The third-order valence-electron chi connectivity index (χ3n) is 4.78. The normalized spacial score (nSPS) is 16.7. The van der Waals surface area contributed by atoms with E-state index >= 15 is 0 Å². The highest BCUT2D eigenvalue weighted by Gasteiger charge is 2.21. The monoisotopic (exact) mass is 327 g/mol. The van der Waals surface area contributed by atoms with Gasteiger partial charge in [0.05, 0.1) is 5.69 Å². The van der Waals surface area contributed by atoms with Crippen molar-refractivity contribution in [3.8, 4) is 5.69 Å². The standard InChI is InChI=1S/C18H25N5O/c1-14(16-5-7-19-8-6-16)9-18(24)21-11-15-3-2-4-17(10-15)23-13-20-12-22-23/h2-4,10,12-14,16,19H,5-9,11H2,1H3,(H,21,24). The van der Waals surface area contributed by atoms with Gasteiger partial charge in [-0.25, -0.2) is 9.67 Å². The van der Waals surface area contributed by atoms with Gasteiger partial charge in [0.2, 0.25) is 5.91 Å². The molecule has 0 aliphatic carbocycles. The molecule has 0 bridgehead atoms. The van der Waals surface area contributed by atoms with Crippen LogP contribution in [0.25, 0.3) is 5.69 Å². The van der Waals surface area contributed by atoms with E-state index in [1.165, 1.54) is 19.2 Å². The Morgan fingerprint density at radius 1 is 1.42 bits per heavy atom. The van der Waals surface area contributed by atoms with E-state index < -0.39 is 0 Å². The van der Waals surface area contributed by atoms with Crippen molar-refractivity contribution in [1.82, 2.24) is 25.4 Å². The summed E-state index contributed by atoms with van der Waals surface area (Å²) in [7, 11) is 0. The van der Waals surface area contributed by atoms with Crippen LogP contribution in [0.1, 0.15) is 31.7 Å². The average Bonchev–Trinajstić information content (AvgIpc) is 3.16. The van der Waals surface area contributed by atoms with Crippen LogP contribution in [0.3, 0.4) is 0 Å². The molecule has 128 valence electrons. The third-order valence-corrected chi connectivity index (χ3v) is 4.78. The van der Waals surface area contributed by atoms with E-state index in [1.807, 2.05) is 24.3 Å². The van der Waals surface area contributed by atoms with E-state index in [4.69, 9.17) is 0 Å². The Morgan fingerprint density at radius 2 is 2.25 bits per heavy atom. The molecule has 1 aromatic carbocycles. The summed E-state index contributed by atoms with van der Waals surface area (Å²) in [6, 6.07) is 7.97. The molecule has 2 aromatic rings. The quantitative estimate of drug-likeness (QED) is 0.850. The van der Waals surface area contributed by atoms with Crippen LogP contribution in [0.5, 0.6) is 0 Å². The second-order valence-corrected chi connectivity index (χ2v) is 6.56. The zero-order chi connectivity index (χ0) is 16.8. The van der Waals surface area contributed by atoms with E-state index in [2.05, 4.69) is 27.6 Å². The van der Waals surface area contributed by atoms with Crippen LogP contribution in [0.15, 0.2) is 36.9 Å². The maximum absolute atomic E-state index is 12.2. The fourth-order valence-electron chi connectivity index (χ4n) is 3.30. The van der Waals surface area contributed by atoms with Crippen molar-refractivity contribution in [2.45, 2.75) is 32.7 Å². The van der Waals surface area contributed by atoms with Crippen molar-refractivity contribution in [1.29, 1.82) is 0 Å². The number of amides is 1. The third kappa shape index (κ3) is 4.41. The molecule has 1 fully saturated rings. The van der Waals surface area contributed by atoms with Crippen molar-refractivity contribution in [3.05, 3.63) is 42.5 Å². The van der Waals surface area contributed by atoms with Crippen LogP contribution in [-0.2, 0) is 11.3 Å². The molecule has 6 heteroatoms. The van der Waals surface area contributed by atoms with Crippen LogP contribution in [0.2, 0.25) is 0 Å². The first-order chi connectivity index (χ1) is 11.7. The van der Waals surface area contributed by atoms with Crippen molar-refractivity contribution in [2.24, 2.45) is 11.8 Å². The van der Waals surface area contributed by atoms with Crippen LogP contribution < -0.4 is 10.6 Å². The van der Waals surface area contributed by atoms with Gasteiger partial charge in [0.25, 0.3) is 0 Å². The van der Waals surface area contributed by atoms with E-state index in [9.17, 15) is 4.79 Å². The molecule has 1 atom stereocenters. The molecule has 3 rings (SSSR count). The maximum atomic E-state index is 12.2. The van der Waals surface area contributed by atoms with Gasteiger partial charge in [0.1, 0.15) is 12.7 Å². The lowest BCUT2D eigenvalue weighted by Gasteiger charge is -2.27. The molecule has 0 radical (unpaired) electrons. The van der Waals surface area contributed by atoms with Gasteiger partial charge < -0.3 is 10.6 Å². The maximum Gasteiger partial charge on any atom is 0.220 e. The topological polar surface area (TPSA) is 71.8 Å². The first kappa shape index (κ1) is 16.6. The van der Waals surface area contributed by atoms with Crippen molar-refractivity contribution >= 4 is 5.91 Å². The Balaban J connectivity index is 1.50. The number of nitrogens with one attached hydrogen (secondary N) is 2. The molecule has 0 saturated carbocycles. The highest BCUT2D eigenvalue weighted by atomic mass is 16.1. The lowest BCUT2D eigenvalue weighted by Crippen LogP contribution is -2.33. The second kappa shape index (κ2) is 8.06. The molecule has 6 nitrogen and oxygen atoms in total. The highest BCUT2D eigenvalue weighted by Crippen LogP contribution is 2.24. The molecular weight excluding hydrogens is 302 g/mol. The van der Waals surface area contributed by atoms with Crippen LogP contribution in [-0.4, -0.2) is 33.8 Å². The molecule has 0 spiro atoms. The molecule has 1 unspecified atom stereocenters. The first-order valence-corrected chi connectivity index (χ1v) is 8.64. The SMILES string of the molecule is CC(CC(=O)NCc1cccc(-n2cncn2)c1)C1CCNCC1. The zero-order valence-corrected chi connectivity index (χ0v) is 14.1. The molecule has 1 aliphatic heterocycles. The summed E-state index contributed by atoms with van der Waals surface area (Å²) in [6.07, 6.45) is 6.13. The van der Waals surface area contributed by atoms with Gasteiger partial charge in [0, 0.05) is 13.0 Å². The van der Waals surface area contributed by atoms with Crippen molar-refractivity contribution < 1.29 is 4.79 Å². The molecular formula is C18H25N5O. The van der Waals surface area contributed by atoms with Gasteiger partial charge >= 0.3 is 0 Å². The molecule has 1 aromatic heterocycles. The van der Waals surface area contributed by atoms with E-state index in [0.29, 0.717) is 24.8 Å². The number of benzene rings is 1. The van der Waals surface area contributed by atoms with E-state index in [-0.39, 0.29) is 5.91 Å². The number of carbonyl (C=O) groups excluding carboxylic acids is 1. The fourth-order valence-corrected chi connectivity index (χ4v) is 3.30.